The van der Waals surface area contributed by atoms with Crippen molar-refractivity contribution in [2.45, 2.75) is 6.54 Å². The van der Waals surface area contributed by atoms with Crippen LogP contribution < -0.4 is 15.8 Å². The molecule has 2 aromatic carbocycles. The number of oxime groups is 1. The largest absolute Gasteiger partial charge is 0.494 e. The normalized spacial score (nSPS) is 11.2. The third kappa shape index (κ3) is 3.62. The molecule has 6 heteroatoms. The molecule has 0 aliphatic heterocycles. The first-order valence-corrected chi connectivity index (χ1v) is 6.28. The highest BCUT2D eigenvalue weighted by Gasteiger charge is 2.03. The molecule has 0 aliphatic rings. The average molecular weight is 289 g/mol. The van der Waals surface area contributed by atoms with Crippen molar-refractivity contribution >= 4 is 11.5 Å². The van der Waals surface area contributed by atoms with Gasteiger partial charge in [0.05, 0.1) is 7.11 Å². The molecule has 2 rings (SSSR count). The second-order valence-electron chi connectivity index (χ2n) is 4.39. The molecule has 4 N–H and O–H groups in total. The molecular weight excluding hydrogens is 273 g/mol. The van der Waals surface area contributed by atoms with Crippen molar-refractivity contribution in [3.05, 3.63) is 59.4 Å². The summed E-state index contributed by atoms with van der Waals surface area (Å²) in [6, 6.07) is 11.9. The first kappa shape index (κ1) is 14.6. The number of hydrogen-bond donors (Lipinski definition) is 3. The Bertz CT molecular complexity index is 642. The zero-order chi connectivity index (χ0) is 15.2. The minimum absolute atomic E-state index is 0.0618. The van der Waals surface area contributed by atoms with Crippen LogP contribution in [0.4, 0.5) is 10.1 Å². The quantitative estimate of drug-likeness (QED) is 0.342. The third-order valence-corrected chi connectivity index (χ3v) is 3.01. The van der Waals surface area contributed by atoms with E-state index in [9.17, 15) is 4.39 Å². The van der Waals surface area contributed by atoms with Gasteiger partial charge < -0.3 is 21.0 Å². The van der Waals surface area contributed by atoms with Gasteiger partial charge in [0.1, 0.15) is 0 Å². The molecule has 0 bridgehead atoms. The van der Waals surface area contributed by atoms with E-state index in [1.165, 1.54) is 13.2 Å². The van der Waals surface area contributed by atoms with Gasteiger partial charge in [-0.1, -0.05) is 29.4 Å². The minimum Gasteiger partial charge on any atom is -0.494 e. The molecule has 0 fully saturated rings. The molecule has 21 heavy (non-hydrogen) atoms. The van der Waals surface area contributed by atoms with Crippen LogP contribution in [0.5, 0.6) is 5.75 Å². The summed E-state index contributed by atoms with van der Waals surface area (Å²) in [7, 11) is 1.43. The number of benzene rings is 2. The van der Waals surface area contributed by atoms with Crippen LogP contribution in [0.2, 0.25) is 0 Å². The number of ether oxygens (including phenoxy) is 1. The number of rotatable bonds is 5. The number of nitrogens with one attached hydrogen (secondary N) is 1. The lowest BCUT2D eigenvalue weighted by Crippen LogP contribution is -2.13. The van der Waals surface area contributed by atoms with Crippen molar-refractivity contribution in [2.75, 3.05) is 12.4 Å². The maximum atomic E-state index is 13.5. The van der Waals surface area contributed by atoms with E-state index in [0.717, 1.165) is 5.56 Å². The number of halogens is 1. The smallest absolute Gasteiger partial charge is 0.170 e. The van der Waals surface area contributed by atoms with Crippen LogP contribution in [0, 0.1) is 5.82 Å². The van der Waals surface area contributed by atoms with E-state index in [1.54, 1.807) is 24.3 Å². The number of hydrogen-bond acceptors (Lipinski definition) is 4. The Morgan fingerprint density at radius 3 is 2.57 bits per heavy atom. The molecule has 0 aromatic heterocycles. The second-order valence-corrected chi connectivity index (χ2v) is 4.39. The van der Waals surface area contributed by atoms with Crippen LogP contribution >= 0.6 is 0 Å². The van der Waals surface area contributed by atoms with E-state index in [-0.39, 0.29) is 11.6 Å². The number of amidine groups is 1. The molecule has 0 heterocycles. The van der Waals surface area contributed by atoms with Crippen molar-refractivity contribution in [2.24, 2.45) is 10.9 Å². The molecule has 0 saturated heterocycles. The highest BCUT2D eigenvalue weighted by Crippen LogP contribution is 2.21. The minimum atomic E-state index is -0.412. The maximum absolute atomic E-state index is 13.5. The fourth-order valence-corrected chi connectivity index (χ4v) is 1.83. The van der Waals surface area contributed by atoms with Gasteiger partial charge in [0, 0.05) is 23.9 Å². The number of methoxy groups -OCH3 is 1. The Morgan fingerprint density at radius 2 is 2.00 bits per heavy atom. The molecule has 0 saturated carbocycles. The highest BCUT2D eigenvalue weighted by molar-refractivity contribution is 5.96. The Labute approximate surface area is 121 Å². The number of nitrogens with two attached hydrogens (primary N) is 1. The Morgan fingerprint density at radius 1 is 1.29 bits per heavy atom. The van der Waals surface area contributed by atoms with Gasteiger partial charge in [-0.2, -0.15) is 0 Å². The standard InChI is InChI=1S/C15H16FN3O2/c1-21-14-7-6-12(8-13(14)16)18-9-10-2-4-11(5-3-10)15(17)19-20/h2-8,18,20H,9H2,1H3,(H2,17,19). The molecule has 0 amide bonds. The van der Waals surface area contributed by atoms with Crippen LogP contribution in [0.3, 0.4) is 0 Å². The predicted octanol–water partition coefficient (Wildman–Crippen LogP) is 2.54. The van der Waals surface area contributed by atoms with Gasteiger partial charge >= 0.3 is 0 Å². The monoisotopic (exact) mass is 289 g/mol. The van der Waals surface area contributed by atoms with E-state index < -0.39 is 5.82 Å². The van der Waals surface area contributed by atoms with Crippen molar-refractivity contribution in [3.63, 3.8) is 0 Å². The topological polar surface area (TPSA) is 79.9 Å². The Hall–Kier alpha value is -2.76. The van der Waals surface area contributed by atoms with E-state index >= 15 is 0 Å². The van der Waals surface area contributed by atoms with Crippen LogP contribution in [0.1, 0.15) is 11.1 Å². The lowest BCUT2D eigenvalue weighted by atomic mass is 10.1. The molecule has 110 valence electrons. The van der Waals surface area contributed by atoms with Crippen LogP contribution in [-0.4, -0.2) is 18.2 Å². The number of nitrogens with zero attached hydrogens (tertiary/aromatic N) is 1. The van der Waals surface area contributed by atoms with Crippen molar-refractivity contribution in [3.8, 4) is 5.75 Å². The van der Waals surface area contributed by atoms with Crippen molar-refractivity contribution < 1.29 is 14.3 Å². The van der Waals surface area contributed by atoms with Crippen LogP contribution in [0.15, 0.2) is 47.6 Å². The summed E-state index contributed by atoms with van der Waals surface area (Å²) in [4.78, 5) is 0. The van der Waals surface area contributed by atoms with Gasteiger partial charge in [-0.25, -0.2) is 4.39 Å². The predicted molar refractivity (Wildman–Crippen MR) is 79.2 cm³/mol. The average Bonchev–Trinajstić information content (AvgIpc) is 2.52. The van der Waals surface area contributed by atoms with E-state index in [4.69, 9.17) is 15.7 Å². The molecule has 0 radical (unpaired) electrons. The summed E-state index contributed by atoms with van der Waals surface area (Å²) in [5, 5.41) is 14.6. The van der Waals surface area contributed by atoms with Gasteiger partial charge in [0.25, 0.3) is 0 Å². The zero-order valence-corrected chi connectivity index (χ0v) is 11.5. The van der Waals surface area contributed by atoms with E-state index in [2.05, 4.69) is 10.5 Å². The van der Waals surface area contributed by atoms with Crippen LogP contribution in [0.25, 0.3) is 0 Å². The summed E-state index contributed by atoms with van der Waals surface area (Å²) in [6.07, 6.45) is 0. The lowest BCUT2D eigenvalue weighted by molar-refractivity contribution is 0.318. The summed E-state index contributed by atoms with van der Waals surface area (Å²) >= 11 is 0. The summed E-state index contributed by atoms with van der Waals surface area (Å²) in [6.45, 7) is 0.530. The molecule has 0 aliphatic carbocycles. The first-order chi connectivity index (χ1) is 10.1. The Balaban J connectivity index is 2.01. The molecule has 2 aromatic rings. The zero-order valence-electron chi connectivity index (χ0n) is 11.5. The van der Waals surface area contributed by atoms with Gasteiger partial charge in [-0.05, 0) is 17.7 Å². The van der Waals surface area contributed by atoms with E-state index in [1.807, 2.05) is 12.1 Å². The lowest BCUT2D eigenvalue weighted by Gasteiger charge is -2.09. The van der Waals surface area contributed by atoms with E-state index in [0.29, 0.717) is 17.8 Å². The van der Waals surface area contributed by atoms with Gasteiger partial charge in [0.15, 0.2) is 17.4 Å². The number of anilines is 1. The van der Waals surface area contributed by atoms with Crippen LogP contribution in [-0.2, 0) is 6.54 Å². The third-order valence-electron chi connectivity index (χ3n) is 3.01. The summed E-state index contributed by atoms with van der Waals surface area (Å²) in [5.74, 6) is -0.139. The SMILES string of the molecule is COc1ccc(NCc2ccc(C(N)=NO)cc2)cc1F. The Kier molecular flexibility index (Phi) is 4.61. The second kappa shape index (κ2) is 6.60. The fourth-order valence-electron chi connectivity index (χ4n) is 1.83. The van der Waals surface area contributed by atoms with Gasteiger partial charge in [0.2, 0.25) is 0 Å². The molecular formula is C15H16FN3O2. The first-order valence-electron chi connectivity index (χ1n) is 6.28. The summed E-state index contributed by atoms with van der Waals surface area (Å²) in [5.41, 5.74) is 7.77. The van der Waals surface area contributed by atoms with Gasteiger partial charge in [-0.3, -0.25) is 0 Å². The van der Waals surface area contributed by atoms with Gasteiger partial charge in [-0.15, -0.1) is 0 Å². The fraction of sp³-hybridized carbons (Fsp3) is 0.133. The van der Waals surface area contributed by atoms with Crippen molar-refractivity contribution in [1.29, 1.82) is 0 Å². The van der Waals surface area contributed by atoms with Crippen molar-refractivity contribution in [1.82, 2.24) is 0 Å². The molecule has 5 nitrogen and oxygen atoms in total. The molecule has 0 unspecified atom stereocenters. The molecule has 0 atom stereocenters. The highest BCUT2D eigenvalue weighted by atomic mass is 19.1. The summed E-state index contributed by atoms with van der Waals surface area (Å²) < 4.78 is 18.4. The maximum Gasteiger partial charge on any atom is 0.170 e. The molecule has 0 spiro atoms.